The molecule has 1 heterocycles. The summed E-state index contributed by atoms with van der Waals surface area (Å²) in [5.74, 6) is 0.351. The van der Waals surface area contributed by atoms with Gasteiger partial charge in [-0.25, -0.2) is 0 Å². The minimum atomic E-state index is -0.252. The molecule has 0 saturated carbocycles. The van der Waals surface area contributed by atoms with Crippen LogP contribution in [0.2, 0.25) is 0 Å². The quantitative estimate of drug-likeness (QED) is 0.641. The predicted molar refractivity (Wildman–Crippen MR) is 124 cm³/mol. The fourth-order valence-electron chi connectivity index (χ4n) is 3.73. The van der Waals surface area contributed by atoms with Crippen molar-refractivity contribution in [3.63, 3.8) is 0 Å². The Kier molecular flexibility index (Phi) is 6.40. The van der Waals surface area contributed by atoms with Crippen molar-refractivity contribution in [2.24, 2.45) is 11.3 Å². The van der Waals surface area contributed by atoms with Crippen molar-refractivity contribution in [1.82, 2.24) is 5.32 Å². The van der Waals surface area contributed by atoms with Gasteiger partial charge in [0, 0.05) is 10.4 Å². The number of hydrogen-bond acceptors (Lipinski definition) is 4. The van der Waals surface area contributed by atoms with E-state index < -0.39 is 0 Å². The van der Waals surface area contributed by atoms with Gasteiger partial charge in [-0.15, -0.1) is 11.3 Å². The fraction of sp³-hybridized carbons (Fsp3) is 0.435. The number of nitriles is 1. The van der Waals surface area contributed by atoms with Gasteiger partial charge in [0.1, 0.15) is 11.1 Å². The summed E-state index contributed by atoms with van der Waals surface area (Å²) in [6, 6.07) is 9.82. The number of hydrogen-bond donors (Lipinski definition) is 2. The molecule has 0 aliphatic heterocycles. The van der Waals surface area contributed by atoms with Crippen LogP contribution in [0.25, 0.3) is 0 Å². The third-order valence-electron chi connectivity index (χ3n) is 5.68. The number of carbonyl (C=O) groups excluding carboxylic acids is 1. The Labute approximate surface area is 182 Å². The van der Waals surface area contributed by atoms with Gasteiger partial charge in [-0.3, -0.25) is 10.1 Å². The van der Waals surface area contributed by atoms with E-state index in [2.05, 4.69) is 44.4 Å². The Balaban J connectivity index is 1.71. The van der Waals surface area contributed by atoms with Crippen molar-refractivity contribution in [2.45, 2.75) is 53.4 Å². The number of fused-ring (bicyclic) bond motifs is 1. The molecule has 1 aromatic heterocycles. The maximum Gasteiger partial charge on any atom is 0.257 e. The summed E-state index contributed by atoms with van der Waals surface area (Å²) in [5, 5.41) is 16.5. The Hall–Kier alpha value is -2.23. The molecule has 152 valence electrons. The number of thiophene rings is 1. The van der Waals surface area contributed by atoms with E-state index in [9.17, 15) is 10.1 Å². The molecule has 0 fully saturated rings. The lowest BCUT2D eigenvalue weighted by atomic mass is 9.72. The van der Waals surface area contributed by atoms with Crippen LogP contribution in [-0.2, 0) is 19.3 Å². The van der Waals surface area contributed by atoms with Crippen molar-refractivity contribution in [3.8, 4) is 6.07 Å². The zero-order chi connectivity index (χ0) is 21.2. The number of carbonyl (C=O) groups is 1. The summed E-state index contributed by atoms with van der Waals surface area (Å²) in [5.41, 5.74) is 3.80. The molecule has 1 aliphatic carbocycles. The van der Waals surface area contributed by atoms with E-state index in [0.717, 1.165) is 36.2 Å². The second-order valence-corrected chi connectivity index (χ2v) is 10.1. The zero-order valence-corrected chi connectivity index (χ0v) is 19.0. The van der Waals surface area contributed by atoms with Crippen molar-refractivity contribution in [2.75, 3.05) is 5.32 Å². The Morgan fingerprint density at radius 2 is 2.00 bits per heavy atom. The summed E-state index contributed by atoms with van der Waals surface area (Å²) in [7, 11) is 0. The van der Waals surface area contributed by atoms with E-state index in [1.54, 1.807) is 23.5 Å². The second-order valence-electron chi connectivity index (χ2n) is 8.58. The molecule has 1 amide bonds. The summed E-state index contributed by atoms with van der Waals surface area (Å²) in [6.07, 6.45) is 3.93. The van der Waals surface area contributed by atoms with Gasteiger partial charge < -0.3 is 5.32 Å². The number of aryl methyl sites for hydroxylation is 1. The smallest absolute Gasteiger partial charge is 0.257 e. The first-order valence-corrected chi connectivity index (χ1v) is 11.2. The average Bonchev–Trinajstić information content (AvgIpc) is 3.03. The molecule has 2 N–H and O–H groups in total. The summed E-state index contributed by atoms with van der Waals surface area (Å²) < 4.78 is 0. The van der Waals surface area contributed by atoms with Crippen LogP contribution in [0.15, 0.2) is 24.3 Å². The molecule has 4 nitrogen and oxygen atoms in total. The molecular formula is C23H27N3OS2. The fourth-order valence-corrected chi connectivity index (χ4v) is 5.27. The van der Waals surface area contributed by atoms with Crippen LogP contribution in [0, 0.1) is 22.7 Å². The number of rotatable bonds is 3. The van der Waals surface area contributed by atoms with Crippen LogP contribution in [-0.4, -0.2) is 11.0 Å². The highest BCUT2D eigenvalue weighted by molar-refractivity contribution is 7.80. The van der Waals surface area contributed by atoms with Crippen LogP contribution in [0.3, 0.4) is 0 Å². The van der Waals surface area contributed by atoms with Crippen LogP contribution in [0.5, 0.6) is 0 Å². The second kappa shape index (κ2) is 8.64. The number of anilines is 1. The van der Waals surface area contributed by atoms with Crippen LogP contribution in [0.4, 0.5) is 5.00 Å². The highest BCUT2D eigenvalue weighted by Gasteiger charge is 2.32. The van der Waals surface area contributed by atoms with Gasteiger partial charge >= 0.3 is 0 Å². The zero-order valence-electron chi connectivity index (χ0n) is 17.4. The van der Waals surface area contributed by atoms with Gasteiger partial charge in [0.25, 0.3) is 5.91 Å². The number of amides is 1. The molecule has 1 unspecified atom stereocenters. The van der Waals surface area contributed by atoms with E-state index in [1.807, 2.05) is 12.1 Å². The number of thiocarbonyl (C=S) groups is 1. The lowest BCUT2D eigenvalue weighted by molar-refractivity contribution is 0.0977. The minimum absolute atomic E-state index is 0.219. The van der Waals surface area contributed by atoms with Crippen LogP contribution >= 0.6 is 23.6 Å². The van der Waals surface area contributed by atoms with E-state index in [4.69, 9.17) is 12.2 Å². The van der Waals surface area contributed by atoms with Crippen LogP contribution in [0.1, 0.15) is 66.0 Å². The molecule has 1 aliphatic rings. The number of nitrogens with zero attached hydrogens (tertiary/aromatic N) is 1. The minimum Gasteiger partial charge on any atom is -0.323 e. The standard InChI is InChI=1S/C23H27N3OS2/c1-5-14-6-8-15(9-7-14)20(27)25-22(28)26-21-18(13-24)17-11-10-16(23(2,3)4)12-19(17)29-21/h6-9,16H,5,10-12H2,1-4H3,(H2,25,26,27,28). The van der Waals surface area contributed by atoms with Gasteiger partial charge in [0.2, 0.25) is 0 Å². The summed E-state index contributed by atoms with van der Waals surface area (Å²) in [6.45, 7) is 8.90. The topological polar surface area (TPSA) is 64.9 Å². The molecule has 0 bridgehead atoms. The summed E-state index contributed by atoms with van der Waals surface area (Å²) in [4.78, 5) is 13.7. The third kappa shape index (κ3) is 4.85. The van der Waals surface area contributed by atoms with Crippen molar-refractivity contribution in [1.29, 1.82) is 5.26 Å². The van der Waals surface area contributed by atoms with E-state index in [-0.39, 0.29) is 16.4 Å². The molecule has 1 aromatic carbocycles. The molecule has 1 atom stereocenters. The van der Waals surface area contributed by atoms with Crippen molar-refractivity contribution in [3.05, 3.63) is 51.4 Å². The van der Waals surface area contributed by atoms with Gasteiger partial charge in [0.15, 0.2) is 5.11 Å². The average molecular weight is 426 g/mol. The molecule has 3 rings (SSSR count). The van der Waals surface area contributed by atoms with Gasteiger partial charge in [-0.05, 0) is 72.5 Å². The lowest BCUT2D eigenvalue weighted by Gasteiger charge is -2.33. The molecule has 2 aromatic rings. The molecular weight excluding hydrogens is 398 g/mol. The highest BCUT2D eigenvalue weighted by atomic mass is 32.1. The van der Waals surface area contributed by atoms with Crippen molar-refractivity contribution >= 4 is 39.6 Å². The lowest BCUT2D eigenvalue weighted by Crippen LogP contribution is -2.34. The van der Waals surface area contributed by atoms with Crippen molar-refractivity contribution < 1.29 is 4.79 Å². The molecule has 0 spiro atoms. The summed E-state index contributed by atoms with van der Waals surface area (Å²) >= 11 is 6.94. The molecule has 29 heavy (non-hydrogen) atoms. The predicted octanol–water partition coefficient (Wildman–Crippen LogP) is 5.46. The van der Waals surface area contributed by atoms with Crippen LogP contribution < -0.4 is 10.6 Å². The Morgan fingerprint density at radius 3 is 2.59 bits per heavy atom. The first-order chi connectivity index (χ1) is 13.7. The SMILES string of the molecule is CCc1ccc(C(=O)NC(=S)Nc2sc3c(c2C#N)CCC(C(C)(C)C)C3)cc1. The van der Waals surface area contributed by atoms with E-state index in [0.29, 0.717) is 17.0 Å². The molecule has 6 heteroatoms. The Bertz CT molecular complexity index is 962. The monoisotopic (exact) mass is 425 g/mol. The maximum atomic E-state index is 12.4. The Morgan fingerprint density at radius 1 is 1.31 bits per heavy atom. The molecule has 0 radical (unpaired) electrons. The van der Waals surface area contributed by atoms with E-state index in [1.165, 1.54) is 10.4 Å². The normalized spacial score (nSPS) is 15.9. The van der Waals surface area contributed by atoms with Gasteiger partial charge in [-0.1, -0.05) is 39.8 Å². The van der Waals surface area contributed by atoms with Gasteiger partial charge in [-0.2, -0.15) is 5.26 Å². The number of nitrogens with one attached hydrogen (secondary N) is 2. The number of benzene rings is 1. The third-order valence-corrected chi connectivity index (χ3v) is 7.05. The highest BCUT2D eigenvalue weighted by Crippen LogP contribution is 2.43. The maximum absolute atomic E-state index is 12.4. The van der Waals surface area contributed by atoms with E-state index >= 15 is 0 Å². The largest absolute Gasteiger partial charge is 0.323 e. The molecule has 0 saturated heterocycles. The first kappa shape index (κ1) is 21.5. The first-order valence-electron chi connectivity index (χ1n) is 9.98. The van der Waals surface area contributed by atoms with Gasteiger partial charge in [0.05, 0.1) is 5.56 Å².